The molecule has 1 aliphatic rings. The van der Waals surface area contributed by atoms with Crippen molar-refractivity contribution >= 4 is 11.5 Å². The van der Waals surface area contributed by atoms with E-state index in [9.17, 15) is 0 Å². The summed E-state index contributed by atoms with van der Waals surface area (Å²) in [6, 6.07) is 3.81. The third-order valence-corrected chi connectivity index (χ3v) is 2.99. The fourth-order valence-corrected chi connectivity index (χ4v) is 2.51. The van der Waals surface area contributed by atoms with Crippen LogP contribution in [0.2, 0.25) is 0 Å². The van der Waals surface area contributed by atoms with Gasteiger partial charge in [0.05, 0.1) is 5.69 Å². The van der Waals surface area contributed by atoms with Crippen molar-refractivity contribution in [3.05, 3.63) is 18.3 Å². The number of anilines is 2. The maximum atomic E-state index is 5.94. The summed E-state index contributed by atoms with van der Waals surface area (Å²) < 4.78 is 0. The van der Waals surface area contributed by atoms with Gasteiger partial charge in [-0.3, -0.25) is 0 Å². The molecule has 1 fully saturated rings. The highest BCUT2D eigenvalue weighted by atomic mass is 15.2. The van der Waals surface area contributed by atoms with Crippen LogP contribution in [-0.4, -0.2) is 18.1 Å². The smallest absolute Gasteiger partial charge is 0.151 e. The predicted molar refractivity (Wildman–Crippen MR) is 63.8 cm³/mol. The predicted octanol–water partition coefficient (Wildman–Crippen LogP) is 2.15. The highest BCUT2D eigenvalue weighted by Gasteiger charge is 2.23. The van der Waals surface area contributed by atoms with Gasteiger partial charge < -0.3 is 10.6 Å². The number of piperidine rings is 1. The van der Waals surface area contributed by atoms with Gasteiger partial charge in [0.2, 0.25) is 0 Å². The fraction of sp³-hybridized carbons (Fsp3) is 0.583. The third-order valence-electron chi connectivity index (χ3n) is 2.99. The number of hydrogen-bond acceptors (Lipinski definition) is 3. The molecule has 2 heterocycles. The van der Waals surface area contributed by atoms with E-state index in [1.807, 2.05) is 18.3 Å². The molecule has 82 valence electrons. The van der Waals surface area contributed by atoms with Crippen LogP contribution in [-0.2, 0) is 0 Å². The highest BCUT2D eigenvalue weighted by molar-refractivity contribution is 5.62. The minimum atomic E-state index is 0.732. The van der Waals surface area contributed by atoms with Crippen LogP contribution in [0.15, 0.2) is 18.3 Å². The van der Waals surface area contributed by atoms with Crippen LogP contribution in [0.1, 0.15) is 20.3 Å². The molecule has 3 heteroatoms. The van der Waals surface area contributed by atoms with E-state index in [-0.39, 0.29) is 0 Å². The first-order chi connectivity index (χ1) is 7.16. The van der Waals surface area contributed by atoms with Gasteiger partial charge >= 0.3 is 0 Å². The third kappa shape index (κ3) is 2.22. The topological polar surface area (TPSA) is 42.2 Å². The van der Waals surface area contributed by atoms with Crippen LogP contribution in [0.25, 0.3) is 0 Å². The van der Waals surface area contributed by atoms with Gasteiger partial charge in [0.25, 0.3) is 0 Å². The van der Waals surface area contributed by atoms with E-state index in [1.54, 1.807) is 0 Å². The van der Waals surface area contributed by atoms with E-state index in [0.29, 0.717) is 0 Å². The molecule has 0 amide bonds. The van der Waals surface area contributed by atoms with Crippen LogP contribution in [0.4, 0.5) is 11.5 Å². The van der Waals surface area contributed by atoms with Crippen molar-refractivity contribution in [2.75, 3.05) is 23.7 Å². The standard InChI is InChI=1S/C12H19N3/c1-9-6-10(2)8-15(7-9)12-11(13)4-3-5-14-12/h3-5,9-10H,6-8,13H2,1-2H3/t9-,10-/m0/s1. The van der Waals surface area contributed by atoms with Gasteiger partial charge in [0, 0.05) is 19.3 Å². The SMILES string of the molecule is C[C@H]1C[C@H](C)CN(c2ncccc2N)C1. The molecule has 1 aromatic heterocycles. The molecule has 0 radical (unpaired) electrons. The molecule has 1 saturated heterocycles. The molecule has 0 unspecified atom stereocenters. The zero-order valence-corrected chi connectivity index (χ0v) is 9.48. The summed E-state index contributed by atoms with van der Waals surface area (Å²) in [5.74, 6) is 2.42. The van der Waals surface area contributed by atoms with Crippen molar-refractivity contribution in [1.29, 1.82) is 0 Å². The lowest BCUT2D eigenvalue weighted by atomic mass is 9.92. The van der Waals surface area contributed by atoms with E-state index >= 15 is 0 Å². The Hall–Kier alpha value is -1.25. The molecule has 2 N–H and O–H groups in total. The Morgan fingerprint density at radius 2 is 2.00 bits per heavy atom. The van der Waals surface area contributed by atoms with Crippen molar-refractivity contribution in [2.24, 2.45) is 11.8 Å². The van der Waals surface area contributed by atoms with Gasteiger partial charge in [-0.2, -0.15) is 0 Å². The normalized spacial score (nSPS) is 26.7. The van der Waals surface area contributed by atoms with Crippen LogP contribution < -0.4 is 10.6 Å². The monoisotopic (exact) mass is 205 g/mol. The summed E-state index contributed by atoms with van der Waals surface area (Å²) >= 11 is 0. The van der Waals surface area contributed by atoms with Crippen molar-refractivity contribution in [3.8, 4) is 0 Å². The van der Waals surface area contributed by atoms with E-state index in [0.717, 1.165) is 36.4 Å². The lowest BCUT2D eigenvalue weighted by Crippen LogP contribution is -2.39. The second-order valence-corrected chi connectivity index (χ2v) is 4.77. The van der Waals surface area contributed by atoms with Gasteiger partial charge in [-0.05, 0) is 30.4 Å². The Labute approximate surface area is 91.3 Å². The molecular formula is C12H19N3. The molecule has 15 heavy (non-hydrogen) atoms. The van der Waals surface area contributed by atoms with Crippen LogP contribution in [0.5, 0.6) is 0 Å². The molecule has 0 aliphatic carbocycles. The Morgan fingerprint density at radius 1 is 1.33 bits per heavy atom. The molecule has 3 nitrogen and oxygen atoms in total. The molecule has 2 atom stereocenters. The largest absolute Gasteiger partial charge is 0.396 e. The number of nitrogens with two attached hydrogens (primary N) is 1. The first kappa shape index (κ1) is 10.3. The first-order valence-corrected chi connectivity index (χ1v) is 5.62. The summed E-state index contributed by atoms with van der Waals surface area (Å²) in [4.78, 5) is 6.69. The molecular weight excluding hydrogens is 186 g/mol. The molecule has 0 aromatic carbocycles. The Morgan fingerprint density at radius 3 is 2.60 bits per heavy atom. The summed E-state index contributed by atoms with van der Waals surface area (Å²) in [5, 5.41) is 0. The minimum absolute atomic E-state index is 0.732. The Kier molecular flexibility index (Phi) is 2.80. The second-order valence-electron chi connectivity index (χ2n) is 4.77. The number of pyridine rings is 1. The van der Waals surface area contributed by atoms with Gasteiger partial charge in [-0.25, -0.2) is 4.98 Å². The average molecular weight is 205 g/mol. The maximum Gasteiger partial charge on any atom is 0.151 e. The molecule has 0 spiro atoms. The first-order valence-electron chi connectivity index (χ1n) is 5.62. The number of rotatable bonds is 1. The van der Waals surface area contributed by atoms with Crippen molar-refractivity contribution in [3.63, 3.8) is 0 Å². The van der Waals surface area contributed by atoms with Gasteiger partial charge in [0.15, 0.2) is 5.82 Å². The van der Waals surface area contributed by atoms with E-state index < -0.39 is 0 Å². The summed E-state index contributed by atoms with van der Waals surface area (Å²) in [6.45, 7) is 6.74. The number of aromatic nitrogens is 1. The Balaban J connectivity index is 2.20. The van der Waals surface area contributed by atoms with Crippen molar-refractivity contribution < 1.29 is 0 Å². The molecule has 0 bridgehead atoms. The second kappa shape index (κ2) is 4.09. The van der Waals surface area contributed by atoms with Gasteiger partial charge in [0.1, 0.15) is 0 Å². The van der Waals surface area contributed by atoms with E-state index in [2.05, 4.69) is 23.7 Å². The molecule has 2 rings (SSSR count). The summed E-state index contributed by atoms with van der Waals surface area (Å²) in [7, 11) is 0. The van der Waals surface area contributed by atoms with Crippen molar-refractivity contribution in [2.45, 2.75) is 20.3 Å². The quantitative estimate of drug-likeness (QED) is 0.763. The average Bonchev–Trinajstić information content (AvgIpc) is 2.16. The zero-order valence-electron chi connectivity index (χ0n) is 9.48. The van der Waals surface area contributed by atoms with Crippen LogP contribution in [0, 0.1) is 11.8 Å². The zero-order chi connectivity index (χ0) is 10.8. The van der Waals surface area contributed by atoms with E-state index in [4.69, 9.17) is 5.73 Å². The fourth-order valence-electron chi connectivity index (χ4n) is 2.51. The van der Waals surface area contributed by atoms with Gasteiger partial charge in [-0.15, -0.1) is 0 Å². The van der Waals surface area contributed by atoms with Crippen molar-refractivity contribution in [1.82, 2.24) is 4.98 Å². The molecule has 1 aliphatic heterocycles. The number of hydrogen-bond donors (Lipinski definition) is 1. The maximum absolute atomic E-state index is 5.94. The number of nitrogen functional groups attached to an aromatic ring is 1. The molecule has 1 aromatic rings. The summed E-state index contributed by atoms with van der Waals surface area (Å²) in [5.41, 5.74) is 6.73. The van der Waals surface area contributed by atoms with Gasteiger partial charge in [-0.1, -0.05) is 13.8 Å². The van der Waals surface area contributed by atoms with Crippen LogP contribution >= 0.6 is 0 Å². The summed E-state index contributed by atoms with van der Waals surface area (Å²) in [6.07, 6.45) is 3.12. The van der Waals surface area contributed by atoms with Crippen LogP contribution in [0.3, 0.4) is 0 Å². The lowest BCUT2D eigenvalue weighted by molar-refractivity contribution is 0.355. The lowest BCUT2D eigenvalue weighted by Gasteiger charge is -2.36. The number of nitrogens with zero attached hydrogens (tertiary/aromatic N) is 2. The van der Waals surface area contributed by atoms with E-state index in [1.165, 1.54) is 6.42 Å². The molecule has 0 saturated carbocycles. The Bertz CT molecular complexity index is 327. The highest BCUT2D eigenvalue weighted by Crippen LogP contribution is 2.27. The minimum Gasteiger partial charge on any atom is -0.396 e.